The van der Waals surface area contributed by atoms with Gasteiger partial charge in [-0.05, 0) is 12.0 Å². The van der Waals surface area contributed by atoms with Crippen LogP contribution in [0.15, 0.2) is 60.7 Å². The highest BCUT2D eigenvalue weighted by Crippen LogP contribution is 2.36. The molecule has 0 fully saturated rings. The predicted octanol–water partition coefficient (Wildman–Crippen LogP) is 1.99. The van der Waals surface area contributed by atoms with Crippen molar-refractivity contribution < 1.29 is 15.3 Å². The molecule has 1 atom stereocenters. The van der Waals surface area contributed by atoms with Gasteiger partial charge < -0.3 is 15.3 Å². The van der Waals surface area contributed by atoms with Crippen LogP contribution in [-0.4, -0.2) is 21.9 Å². The van der Waals surface area contributed by atoms with Crippen LogP contribution in [0.3, 0.4) is 0 Å². The van der Waals surface area contributed by atoms with Gasteiger partial charge in [-0.15, -0.1) is 0 Å². The number of rotatable bonds is 5. The molecule has 2 aromatic carbocycles. The van der Waals surface area contributed by atoms with Crippen molar-refractivity contribution in [2.75, 3.05) is 6.61 Å². The quantitative estimate of drug-likeness (QED) is 0.719. The van der Waals surface area contributed by atoms with Gasteiger partial charge >= 0.3 is 0 Å². The summed E-state index contributed by atoms with van der Waals surface area (Å²) in [7, 11) is 0. The maximum atomic E-state index is 10.5. The first-order valence-corrected chi connectivity index (χ1v) is 6.32. The maximum absolute atomic E-state index is 10.5. The molecule has 3 N–H and O–H groups in total. The molecule has 2 rings (SSSR count). The number of aliphatic hydroxyl groups is 3. The zero-order valence-corrected chi connectivity index (χ0v) is 10.6. The summed E-state index contributed by atoms with van der Waals surface area (Å²) in [5, 5.41) is 30.1. The molecule has 19 heavy (non-hydrogen) atoms. The topological polar surface area (TPSA) is 60.7 Å². The highest BCUT2D eigenvalue weighted by atomic mass is 16.5. The highest BCUT2D eigenvalue weighted by molar-refractivity contribution is 5.28. The van der Waals surface area contributed by atoms with Crippen LogP contribution >= 0.6 is 0 Å². The second-order valence-corrected chi connectivity index (χ2v) is 4.57. The van der Waals surface area contributed by atoms with E-state index in [1.807, 2.05) is 36.4 Å². The Bertz CT molecular complexity index is 494. The van der Waals surface area contributed by atoms with Gasteiger partial charge in [0.2, 0.25) is 0 Å². The van der Waals surface area contributed by atoms with E-state index in [-0.39, 0.29) is 13.0 Å². The van der Waals surface area contributed by atoms with E-state index >= 15 is 0 Å². The van der Waals surface area contributed by atoms with Crippen molar-refractivity contribution in [3.8, 4) is 0 Å². The van der Waals surface area contributed by atoms with Crippen LogP contribution in [0.25, 0.3) is 0 Å². The molecule has 0 radical (unpaired) electrons. The molecular formula is C16H18O3. The standard InChI is InChI=1S/C16H18O3/c17-12-11-15(13-7-3-1-4-8-13)16(18,19)14-9-5-2-6-10-14/h1-10,15,17-19H,11-12H2. The van der Waals surface area contributed by atoms with Crippen LogP contribution in [0.5, 0.6) is 0 Å². The van der Waals surface area contributed by atoms with Gasteiger partial charge in [-0.2, -0.15) is 0 Å². The average molecular weight is 258 g/mol. The van der Waals surface area contributed by atoms with Crippen molar-refractivity contribution in [2.45, 2.75) is 18.1 Å². The lowest BCUT2D eigenvalue weighted by atomic mass is 9.84. The van der Waals surface area contributed by atoms with E-state index in [2.05, 4.69) is 0 Å². The first kappa shape index (κ1) is 13.7. The van der Waals surface area contributed by atoms with Crippen LogP contribution in [0, 0.1) is 0 Å². The van der Waals surface area contributed by atoms with E-state index in [0.717, 1.165) is 5.56 Å². The summed E-state index contributed by atoms with van der Waals surface area (Å²) in [6.07, 6.45) is 0.284. The zero-order chi connectivity index (χ0) is 13.7. The minimum Gasteiger partial charge on any atom is -0.396 e. The van der Waals surface area contributed by atoms with E-state index in [9.17, 15) is 15.3 Å². The summed E-state index contributed by atoms with van der Waals surface area (Å²) in [5.41, 5.74) is 1.22. The number of aliphatic hydroxyl groups excluding tert-OH is 1. The van der Waals surface area contributed by atoms with E-state index in [1.54, 1.807) is 24.3 Å². The summed E-state index contributed by atoms with van der Waals surface area (Å²) in [6, 6.07) is 17.9. The molecule has 0 saturated carbocycles. The molecular weight excluding hydrogens is 240 g/mol. The maximum Gasteiger partial charge on any atom is 0.196 e. The number of hydrogen-bond donors (Lipinski definition) is 3. The molecule has 2 aromatic rings. The highest BCUT2D eigenvalue weighted by Gasteiger charge is 2.36. The van der Waals surface area contributed by atoms with Gasteiger partial charge in [0.15, 0.2) is 5.79 Å². The lowest BCUT2D eigenvalue weighted by Crippen LogP contribution is -2.34. The van der Waals surface area contributed by atoms with Crippen molar-refractivity contribution in [3.63, 3.8) is 0 Å². The van der Waals surface area contributed by atoms with Crippen LogP contribution < -0.4 is 0 Å². The third kappa shape index (κ3) is 3.01. The van der Waals surface area contributed by atoms with Crippen molar-refractivity contribution in [1.29, 1.82) is 0 Å². The molecule has 0 saturated heterocycles. The molecule has 0 spiro atoms. The number of hydrogen-bond acceptors (Lipinski definition) is 3. The Hall–Kier alpha value is -1.68. The second kappa shape index (κ2) is 5.97. The Kier molecular flexibility index (Phi) is 4.32. The third-order valence-electron chi connectivity index (χ3n) is 3.30. The van der Waals surface area contributed by atoms with Crippen LogP contribution in [-0.2, 0) is 5.79 Å². The summed E-state index contributed by atoms with van der Waals surface area (Å²) < 4.78 is 0. The molecule has 0 aliphatic rings. The third-order valence-corrected chi connectivity index (χ3v) is 3.30. The molecule has 3 nitrogen and oxygen atoms in total. The van der Waals surface area contributed by atoms with Gasteiger partial charge in [0.25, 0.3) is 0 Å². The number of benzene rings is 2. The Morgan fingerprint density at radius 2 is 1.37 bits per heavy atom. The Morgan fingerprint density at radius 3 is 1.89 bits per heavy atom. The Morgan fingerprint density at radius 1 is 0.842 bits per heavy atom. The molecule has 0 aliphatic heterocycles. The predicted molar refractivity (Wildman–Crippen MR) is 73.4 cm³/mol. The molecule has 1 unspecified atom stereocenters. The van der Waals surface area contributed by atoms with Crippen LogP contribution in [0.2, 0.25) is 0 Å². The van der Waals surface area contributed by atoms with Gasteiger partial charge in [-0.3, -0.25) is 0 Å². The average Bonchev–Trinajstić information content (AvgIpc) is 2.46. The van der Waals surface area contributed by atoms with Gasteiger partial charge in [-0.25, -0.2) is 0 Å². The van der Waals surface area contributed by atoms with E-state index in [4.69, 9.17) is 0 Å². The Balaban J connectivity index is 2.39. The molecule has 0 aliphatic carbocycles. The van der Waals surface area contributed by atoms with Gasteiger partial charge in [-0.1, -0.05) is 60.7 Å². The molecule has 0 bridgehead atoms. The first-order chi connectivity index (χ1) is 9.16. The molecule has 0 heterocycles. The lowest BCUT2D eigenvalue weighted by Gasteiger charge is -2.32. The van der Waals surface area contributed by atoms with E-state index in [1.165, 1.54) is 0 Å². The SMILES string of the molecule is OCCC(c1ccccc1)C(O)(O)c1ccccc1. The first-order valence-electron chi connectivity index (χ1n) is 6.32. The molecule has 0 amide bonds. The minimum atomic E-state index is -1.99. The van der Waals surface area contributed by atoms with Gasteiger partial charge in [0.05, 0.1) is 0 Å². The Labute approximate surface area is 112 Å². The molecule has 0 aromatic heterocycles. The van der Waals surface area contributed by atoms with Crippen molar-refractivity contribution in [3.05, 3.63) is 71.8 Å². The monoisotopic (exact) mass is 258 g/mol. The molecule has 100 valence electrons. The van der Waals surface area contributed by atoms with E-state index in [0.29, 0.717) is 5.56 Å². The van der Waals surface area contributed by atoms with Crippen molar-refractivity contribution in [1.82, 2.24) is 0 Å². The lowest BCUT2D eigenvalue weighted by molar-refractivity contribution is -0.191. The van der Waals surface area contributed by atoms with Crippen molar-refractivity contribution >= 4 is 0 Å². The fourth-order valence-corrected chi connectivity index (χ4v) is 2.30. The fourth-order valence-electron chi connectivity index (χ4n) is 2.30. The smallest absolute Gasteiger partial charge is 0.196 e. The summed E-state index contributed by atoms with van der Waals surface area (Å²) in [4.78, 5) is 0. The summed E-state index contributed by atoms with van der Waals surface area (Å²) >= 11 is 0. The van der Waals surface area contributed by atoms with Crippen molar-refractivity contribution in [2.24, 2.45) is 0 Å². The minimum absolute atomic E-state index is 0.102. The van der Waals surface area contributed by atoms with E-state index < -0.39 is 11.7 Å². The fraction of sp³-hybridized carbons (Fsp3) is 0.250. The largest absolute Gasteiger partial charge is 0.396 e. The second-order valence-electron chi connectivity index (χ2n) is 4.57. The molecule has 3 heteroatoms. The zero-order valence-electron chi connectivity index (χ0n) is 10.6. The normalized spacial score (nSPS) is 13.2. The van der Waals surface area contributed by atoms with Gasteiger partial charge in [0, 0.05) is 18.1 Å². The van der Waals surface area contributed by atoms with Crippen LogP contribution in [0.1, 0.15) is 23.5 Å². The summed E-state index contributed by atoms with van der Waals surface area (Å²) in [5.74, 6) is -2.56. The van der Waals surface area contributed by atoms with Gasteiger partial charge in [0.1, 0.15) is 0 Å². The summed E-state index contributed by atoms with van der Waals surface area (Å²) in [6.45, 7) is -0.102. The van der Waals surface area contributed by atoms with Crippen LogP contribution in [0.4, 0.5) is 0 Å².